The Bertz CT molecular complexity index is 333. The fraction of sp³-hybridized carbons (Fsp3) is 0.545. The minimum absolute atomic E-state index is 0.219. The Labute approximate surface area is 84.9 Å². The third-order valence-corrected chi connectivity index (χ3v) is 3.01. The molecule has 14 heavy (non-hydrogen) atoms. The second-order valence-corrected chi connectivity index (χ2v) is 4.48. The summed E-state index contributed by atoms with van der Waals surface area (Å²) in [6.45, 7) is 5.60. The second kappa shape index (κ2) is 3.15. The van der Waals surface area contributed by atoms with Gasteiger partial charge in [-0.15, -0.1) is 0 Å². The van der Waals surface area contributed by atoms with Crippen LogP contribution < -0.4 is 10.6 Å². The van der Waals surface area contributed by atoms with Crippen LogP contribution in [0, 0.1) is 0 Å². The fourth-order valence-corrected chi connectivity index (χ4v) is 2.19. The smallest absolute Gasteiger partial charge is 0.146 e. The van der Waals surface area contributed by atoms with Crippen molar-refractivity contribution in [2.75, 3.05) is 17.2 Å². The van der Waals surface area contributed by atoms with E-state index in [0.717, 1.165) is 12.2 Å². The highest BCUT2D eigenvalue weighted by molar-refractivity contribution is 5.64. The Kier molecular flexibility index (Phi) is 2.10. The topological polar surface area (TPSA) is 42.2 Å². The van der Waals surface area contributed by atoms with Gasteiger partial charge < -0.3 is 10.6 Å². The van der Waals surface area contributed by atoms with Gasteiger partial charge >= 0.3 is 0 Å². The lowest BCUT2D eigenvalue weighted by molar-refractivity contribution is 0.518. The van der Waals surface area contributed by atoms with Crippen molar-refractivity contribution in [3.63, 3.8) is 0 Å². The molecule has 1 aromatic rings. The molecule has 0 radical (unpaired) electrons. The predicted octanol–water partition coefficient (Wildman–Crippen LogP) is 2.04. The van der Waals surface area contributed by atoms with Crippen molar-refractivity contribution in [3.8, 4) is 0 Å². The van der Waals surface area contributed by atoms with E-state index in [0.29, 0.717) is 5.82 Å². The Morgan fingerprint density at radius 1 is 1.50 bits per heavy atom. The van der Waals surface area contributed by atoms with Gasteiger partial charge in [0.15, 0.2) is 0 Å². The van der Waals surface area contributed by atoms with Crippen LogP contribution in [-0.2, 0) is 0 Å². The number of nitrogens with two attached hydrogens (primary N) is 1. The van der Waals surface area contributed by atoms with Crippen molar-refractivity contribution in [3.05, 3.63) is 18.3 Å². The highest BCUT2D eigenvalue weighted by Gasteiger charge is 2.32. The molecule has 0 unspecified atom stereocenters. The maximum absolute atomic E-state index is 5.87. The van der Waals surface area contributed by atoms with Crippen molar-refractivity contribution in [1.29, 1.82) is 0 Å². The molecule has 0 saturated carbocycles. The molecule has 0 spiro atoms. The first-order valence-corrected chi connectivity index (χ1v) is 5.09. The van der Waals surface area contributed by atoms with E-state index in [9.17, 15) is 0 Å². The zero-order valence-corrected chi connectivity index (χ0v) is 8.83. The standard InChI is InChI=1S/C11H17N3/c1-11(2)6-4-8-14(11)9-5-3-7-13-10(9)12/h3,5,7H,4,6,8H2,1-2H3,(H2,12,13). The van der Waals surface area contributed by atoms with Gasteiger partial charge in [0.25, 0.3) is 0 Å². The predicted molar refractivity (Wildman–Crippen MR) is 59.3 cm³/mol. The maximum Gasteiger partial charge on any atom is 0.146 e. The summed E-state index contributed by atoms with van der Waals surface area (Å²) in [5.41, 5.74) is 7.17. The van der Waals surface area contributed by atoms with Crippen LogP contribution in [0.4, 0.5) is 11.5 Å². The monoisotopic (exact) mass is 191 g/mol. The Balaban J connectivity index is 2.36. The number of hydrogen-bond donors (Lipinski definition) is 1. The van der Waals surface area contributed by atoms with Crippen molar-refractivity contribution in [2.45, 2.75) is 32.2 Å². The zero-order valence-electron chi connectivity index (χ0n) is 8.83. The molecule has 0 atom stereocenters. The molecule has 0 bridgehead atoms. The molecule has 0 aliphatic carbocycles. The Morgan fingerprint density at radius 2 is 2.29 bits per heavy atom. The molecule has 0 aromatic carbocycles. The van der Waals surface area contributed by atoms with Gasteiger partial charge in [-0.3, -0.25) is 0 Å². The van der Waals surface area contributed by atoms with Gasteiger partial charge in [-0.1, -0.05) is 0 Å². The summed E-state index contributed by atoms with van der Waals surface area (Å²) in [5, 5.41) is 0. The molecule has 2 rings (SSSR count). The molecule has 1 aliphatic heterocycles. The van der Waals surface area contributed by atoms with E-state index in [1.165, 1.54) is 12.8 Å². The zero-order chi connectivity index (χ0) is 10.2. The third kappa shape index (κ3) is 1.43. The number of nitrogens with zero attached hydrogens (tertiary/aromatic N) is 2. The van der Waals surface area contributed by atoms with Crippen LogP contribution in [0.5, 0.6) is 0 Å². The van der Waals surface area contributed by atoms with E-state index in [4.69, 9.17) is 5.73 Å². The van der Waals surface area contributed by atoms with Crippen LogP contribution in [0.2, 0.25) is 0 Å². The summed E-state index contributed by atoms with van der Waals surface area (Å²) in [5.74, 6) is 0.641. The lowest BCUT2D eigenvalue weighted by Gasteiger charge is -2.34. The van der Waals surface area contributed by atoms with Crippen LogP contribution in [0.1, 0.15) is 26.7 Å². The SMILES string of the molecule is CC1(C)CCCN1c1cccnc1N. The van der Waals surface area contributed by atoms with Gasteiger partial charge in [-0.2, -0.15) is 0 Å². The molecule has 2 heterocycles. The molecular weight excluding hydrogens is 174 g/mol. The fourth-order valence-electron chi connectivity index (χ4n) is 2.19. The van der Waals surface area contributed by atoms with Crippen LogP contribution in [0.15, 0.2) is 18.3 Å². The summed E-state index contributed by atoms with van der Waals surface area (Å²) >= 11 is 0. The third-order valence-electron chi connectivity index (χ3n) is 3.01. The van der Waals surface area contributed by atoms with E-state index in [1.807, 2.05) is 6.07 Å². The Hall–Kier alpha value is -1.25. The number of hydrogen-bond acceptors (Lipinski definition) is 3. The second-order valence-electron chi connectivity index (χ2n) is 4.48. The molecule has 1 saturated heterocycles. The van der Waals surface area contributed by atoms with Crippen LogP contribution in [0.25, 0.3) is 0 Å². The first kappa shape index (κ1) is 9.31. The maximum atomic E-state index is 5.87. The van der Waals surface area contributed by atoms with E-state index >= 15 is 0 Å². The molecule has 0 amide bonds. The van der Waals surface area contributed by atoms with E-state index in [1.54, 1.807) is 6.20 Å². The van der Waals surface area contributed by atoms with Crippen molar-refractivity contribution in [1.82, 2.24) is 4.98 Å². The number of nitrogen functional groups attached to an aromatic ring is 1. The highest BCUT2D eigenvalue weighted by Crippen LogP contribution is 2.35. The van der Waals surface area contributed by atoms with Gasteiger partial charge in [0.1, 0.15) is 5.82 Å². The van der Waals surface area contributed by atoms with E-state index < -0.39 is 0 Å². The number of rotatable bonds is 1. The average molecular weight is 191 g/mol. The molecule has 1 aliphatic rings. The summed E-state index contributed by atoms with van der Waals surface area (Å²) in [4.78, 5) is 6.48. The van der Waals surface area contributed by atoms with Crippen LogP contribution in [0.3, 0.4) is 0 Å². The quantitative estimate of drug-likeness (QED) is 0.738. The highest BCUT2D eigenvalue weighted by atomic mass is 15.2. The molecule has 2 N–H and O–H groups in total. The minimum atomic E-state index is 0.219. The largest absolute Gasteiger partial charge is 0.382 e. The lowest BCUT2D eigenvalue weighted by Crippen LogP contribution is -2.38. The normalized spacial score (nSPS) is 20.0. The number of aromatic nitrogens is 1. The van der Waals surface area contributed by atoms with Gasteiger partial charge in [0, 0.05) is 18.3 Å². The molecule has 76 valence electrons. The molecular formula is C11H17N3. The first-order chi connectivity index (χ1) is 6.61. The molecule has 1 fully saturated rings. The Morgan fingerprint density at radius 3 is 2.86 bits per heavy atom. The summed E-state index contributed by atoms with van der Waals surface area (Å²) < 4.78 is 0. The van der Waals surface area contributed by atoms with Gasteiger partial charge in [0.05, 0.1) is 5.69 Å². The van der Waals surface area contributed by atoms with Crippen LogP contribution >= 0.6 is 0 Å². The number of anilines is 2. The van der Waals surface area contributed by atoms with Crippen molar-refractivity contribution >= 4 is 11.5 Å². The summed E-state index contributed by atoms with van der Waals surface area (Å²) in [6, 6.07) is 4.00. The average Bonchev–Trinajstić information content (AvgIpc) is 2.46. The van der Waals surface area contributed by atoms with Gasteiger partial charge in [-0.05, 0) is 38.8 Å². The van der Waals surface area contributed by atoms with Gasteiger partial charge in [-0.25, -0.2) is 4.98 Å². The summed E-state index contributed by atoms with van der Waals surface area (Å²) in [6.07, 6.45) is 4.20. The van der Waals surface area contributed by atoms with Crippen molar-refractivity contribution in [2.24, 2.45) is 0 Å². The molecule has 3 heteroatoms. The summed E-state index contributed by atoms with van der Waals surface area (Å²) in [7, 11) is 0. The van der Waals surface area contributed by atoms with Crippen LogP contribution in [-0.4, -0.2) is 17.1 Å². The van der Waals surface area contributed by atoms with E-state index in [2.05, 4.69) is 29.8 Å². The van der Waals surface area contributed by atoms with Gasteiger partial charge in [0.2, 0.25) is 0 Å². The minimum Gasteiger partial charge on any atom is -0.382 e. The molecule has 1 aromatic heterocycles. The first-order valence-electron chi connectivity index (χ1n) is 5.09. The van der Waals surface area contributed by atoms with E-state index in [-0.39, 0.29) is 5.54 Å². The lowest BCUT2D eigenvalue weighted by atomic mass is 10.0. The van der Waals surface area contributed by atoms with Crippen molar-refractivity contribution < 1.29 is 0 Å². The molecule has 3 nitrogen and oxygen atoms in total. The number of pyridine rings is 1.